The number of aliphatic hydroxyl groups is 1. The smallest absolute Gasteiger partial charge is 0.0687 e. The summed E-state index contributed by atoms with van der Waals surface area (Å²) in [5, 5.41) is 12.7. The van der Waals surface area contributed by atoms with Crippen molar-refractivity contribution in [2.24, 2.45) is 0 Å². The Hall–Kier alpha value is -1.42. The van der Waals surface area contributed by atoms with E-state index in [9.17, 15) is 5.11 Å². The standard InChI is InChI=1S/C11H17N3O/c1-8(15)7-14-5-4-13-10-3-2-9(12)6-11(10)14/h2-3,6,8,13,15H,4-5,7,12H2,1H3. The van der Waals surface area contributed by atoms with Crippen LogP contribution in [0.2, 0.25) is 0 Å². The highest BCUT2D eigenvalue weighted by Gasteiger charge is 2.17. The molecule has 82 valence electrons. The lowest BCUT2D eigenvalue weighted by Gasteiger charge is -2.33. The number of β-amino-alcohol motifs (C(OH)–C–C–N with tert-alkyl or cyclic N) is 1. The van der Waals surface area contributed by atoms with Crippen LogP contribution >= 0.6 is 0 Å². The third-order valence-corrected chi connectivity index (χ3v) is 2.54. The minimum absolute atomic E-state index is 0.322. The molecule has 15 heavy (non-hydrogen) atoms. The van der Waals surface area contributed by atoms with Crippen molar-refractivity contribution >= 4 is 17.1 Å². The van der Waals surface area contributed by atoms with E-state index >= 15 is 0 Å². The Morgan fingerprint density at radius 1 is 1.60 bits per heavy atom. The lowest BCUT2D eigenvalue weighted by molar-refractivity contribution is 0.200. The fraction of sp³-hybridized carbons (Fsp3) is 0.455. The molecule has 0 bridgehead atoms. The number of anilines is 3. The number of nitrogen functional groups attached to an aromatic ring is 1. The van der Waals surface area contributed by atoms with Crippen LogP contribution in [0.15, 0.2) is 18.2 Å². The molecular weight excluding hydrogens is 190 g/mol. The summed E-state index contributed by atoms with van der Waals surface area (Å²) in [4.78, 5) is 2.16. The Balaban J connectivity index is 2.28. The quantitative estimate of drug-likeness (QED) is 0.630. The van der Waals surface area contributed by atoms with E-state index < -0.39 is 0 Å². The molecule has 4 N–H and O–H groups in total. The van der Waals surface area contributed by atoms with Gasteiger partial charge in [-0.3, -0.25) is 0 Å². The molecule has 2 rings (SSSR count). The van der Waals surface area contributed by atoms with Crippen molar-refractivity contribution < 1.29 is 5.11 Å². The van der Waals surface area contributed by atoms with Gasteiger partial charge in [-0.2, -0.15) is 0 Å². The summed E-state index contributed by atoms with van der Waals surface area (Å²) >= 11 is 0. The summed E-state index contributed by atoms with van der Waals surface area (Å²) < 4.78 is 0. The Morgan fingerprint density at radius 2 is 2.40 bits per heavy atom. The molecule has 1 aliphatic heterocycles. The molecule has 0 saturated carbocycles. The molecule has 1 aromatic rings. The maximum Gasteiger partial charge on any atom is 0.0687 e. The minimum atomic E-state index is -0.322. The molecular formula is C11H17N3O. The summed E-state index contributed by atoms with van der Waals surface area (Å²) in [6.07, 6.45) is -0.322. The summed E-state index contributed by atoms with van der Waals surface area (Å²) in [7, 11) is 0. The minimum Gasteiger partial charge on any atom is -0.399 e. The summed E-state index contributed by atoms with van der Waals surface area (Å²) in [6.45, 7) is 4.26. The number of rotatable bonds is 2. The fourth-order valence-corrected chi connectivity index (χ4v) is 1.91. The van der Waals surface area contributed by atoms with Crippen molar-refractivity contribution in [3.05, 3.63) is 18.2 Å². The molecule has 0 fully saturated rings. The molecule has 0 aromatic heterocycles. The van der Waals surface area contributed by atoms with Gasteiger partial charge >= 0.3 is 0 Å². The molecule has 1 heterocycles. The van der Waals surface area contributed by atoms with Gasteiger partial charge in [-0.1, -0.05) is 0 Å². The number of aliphatic hydroxyl groups excluding tert-OH is 1. The van der Waals surface area contributed by atoms with Crippen LogP contribution in [0.4, 0.5) is 17.1 Å². The zero-order valence-corrected chi connectivity index (χ0v) is 8.90. The second kappa shape index (κ2) is 3.98. The first-order chi connectivity index (χ1) is 7.16. The van der Waals surface area contributed by atoms with Crippen LogP contribution in [0.1, 0.15) is 6.92 Å². The third kappa shape index (κ3) is 2.15. The SMILES string of the molecule is CC(O)CN1CCNc2ccc(N)cc21. The summed E-state index contributed by atoms with van der Waals surface area (Å²) in [5.41, 5.74) is 8.69. The van der Waals surface area contributed by atoms with Crippen molar-refractivity contribution in [3.8, 4) is 0 Å². The zero-order valence-electron chi connectivity index (χ0n) is 8.90. The van der Waals surface area contributed by atoms with Gasteiger partial charge in [-0.05, 0) is 25.1 Å². The van der Waals surface area contributed by atoms with Crippen molar-refractivity contribution in [1.29, 1.82) is 0 Å². The van der Waals surface area contributed by atoms with E-state index in [4.69, 9.17) is 5.73 Å². The second-order valence-corrected chi connectivity index (χ2v) is 4.00. The predicted octanol–water partition coefficient (Wildman–Crippen LogP) is 0.881. The van der Waals surface area contributed by atoms with E-state index in [1.807, 2.05) is 18.2 Å². The topological polar surface area (TPSA) is 61.5 Å². The second-order valence-electron chi connectivity index (χ2n) is 4.00. The monoisotopic (exact) mass is 207 g/mol. The molecule has 1 unspecified atom stereocenters. The molecule has 1 atom stereocenters. The van der Waals surface area contributed by atoms with Crippen LogP contribution in [0, 0.1) is 0 Å². The van der Waals surface area contributed by atoms with Crippen LogP contribution in [0.3, 0.4) is 0 Å². The van der Waals surface area contributed by atoms with Gasteiger partial charge in [0.25, 0.3) is 0 Å². The van der Waals surface area contributed by atoms with Crippen LogP contribution in [-0.4, -0.2) is 30.8 Å². The average molecular weight is 207 g/mol. The Kier molecular flexibility index (Phi) is 2.68. The van der Waals surface area contributed by atoms with Crippen LogP contribution in [0.5, 0.6) is 0 Å². The van der Waals surface area contributed by atoms with Crippen molar-refractivity contribution in [3.63, 3.8) is 0 Å². The number of nitrogens with two attached hydrogens (primary N) is 1. The van der Waals surface area contributed by atoms with Gasteiger partial charge in [-0.15, -0.1) is 0 Å². The molecule has 0 saturated heterocycles. The van der Waals surface area contributed by atoms with Gasteiger partial charge in [0.15, 0.2) is 0 Å². The van der Waals surface area contributed by atoms with E-state index in [0.29, 0.717) is 6.54 Å². The number of fused-ring (bicyclic) bond motifs is 1. The molecule has 0 radical (unpaired) electrons. The first-order valence-corrected chi connectivity index (χ1v) is 5.23. The highest BCUT2D eigenvalue weighted by Crippen LogP contribution is 2.30. The molecule has 4 heteroatoms. The van der Waals surface area contributed by atoms with E-state index in [1.165, 1.54) is 0 Å². The number of benzene rings is 1. The average Bonchev–Trinajstić information content (AvgIpc) is 2.18. The zero-order chi connectivity index (χ0) is 10.8. The Morgan fingerprint density at radius 3 is 3.13 bits per heavy atom. The van der Waals surface area contributed by atoms with Crippen molar-refractivity contribution in [2.75, 3.05) is 35.6 Å². The largest absolute Gasteiger partial charge is 0.399 e. The molecule has 0 spiro atoms. The van der Waals surface area contributed by atoms with Crippen LogP contribution < -0.4 is 16.0 Å². The molecule has 1 aliphatic rings. The Bertz CT molecular complexity index is 352. The molecule has 4 nitrogen and oxygen atoms in total. The van der Waals surface area contributed by atoms with Gasteiger partial charge in [-0.25, -0.2) is 0 Å². The molecule has 0 aliphatic carbocycles. The third-order valence-electron chi connectivity index (χ3n) is 2.54. The summed E-state index contributed by atoms with van der Waals surface area (Å²) in [6, 6.07) is 5.82. The highest BCUT2D eigenvalue weighted by molar-refractivity contribution is 5.75. The van der Waals surface area contributed by atoms with Gasteiger partial charge in [0.2, 0.25) is 0 Å². The van der Waals surface area contributed by atoms with Crippen molar-refractivity contribution in [2.45, 2.75) is 13.0 Å². The van der Waals surface area contributed by atoms with Gasteiger partial charge in [0, 0.05) is 25.3 Å². The lowest BCUT2D eigenvalue weighted by Crippen LogP contribution is -2.38. The number of nitrogens with zero attached hydrogens (tertiary/aromatic N) is 1. The molecule has 0 amide bonds. The highest BCUT2D eigenvalue weighted by atomic mass is 16.3. The number of hydrogen-bond acceptors (Lipinski definition) is 4. The summed E-state index contributed by atoms with van der Waals surface area (Å²) in [5.74, 6) is 0. The fourth-order valence-electron chi connectivity index (χ4n) is 1.91. The van der Waals surface area contributed by atoms with E-state index in [1.54, 1.807) is 6.92 Å². The first-order valence-electron chi connectivity index (χ1n) is 5.23. The maximum absolute atomic E-state index is 9.41. The van der Waals surface area contributed by atoms with Crippen LogP contribution in [0.25, 0.3) is 0 Å². The Labute approximate surface area is 89.7 Å². The maximum atomic E-state index is 9.41. The van der Waals surface area contributed by atoms with Gasteiger partial charge in [0.05, 0.1) is 17.5 Å². The number of nitrogens with one attached hydrogen (secondary N) is 1. The first kappa shape index (κ1) is 10.1. The number of hydrogen-bond donors (Lipinski definition) is 3. The predicted molar refractivity (Wildman–Crippen MR) is 63.2 cm³/mol. The van der Waals surface area contributed by atoms with E-state index in [0.717, 1.165) is 30.2 Å². The normalized spacial score (nSPS) is 16.8. The van der Waals surface area contributed by atoms with E-state index in [-0.39, 0.29) is 6.10 Å². The molecule has 1 aromatic carbocycles. The van der Waals surface area contributed by atoms with Gasteiger partial charge in [0.1, 0.15) is 0 Å². The van der Waals surface area contributed by atoms with Crippen molar-refractivity contribution in [1.82, 2.24) is 0 Å². The van der Waals surface area contributed by atoms with Gasteiger partial charge < -0.3 is 21.1 Å². The lowest BCUT2D eigenvalue weighted by atomic mass is 10.1. The van der Waals surface area contributed by atoms with Crippen LogP contribution in [-0.2, 0) is 0 Å². The van der Waals surface area contributed by atoms with E-state index in [2.05, 4.69) is 10.2 Å².